The Hall–Kier alpha value is -2.08. The lowest BCUT2D eigenvalue weighted by molar-refractivity contribution is -0.180. The Morgan fingerprint density at radius 1 is 1.35 bits per heavy atom. The molecule has 126 valence electrons. The van der Waals surface area contributed by atoms with Crippen LogP contribution in [0.2, 0.25) is 0 Å². The highest BCUT2D eigenvalue weighted by atomic mass is 16.6. The van der Waals surface area contributed by atoms with E-state index in [0.29, 0.717) is 17.7 Å². The molecule has 0 unspecified atom stereocenters. The van der Waals surface area contributed by atoms with Crippen molar-refractivity contribution in [1.82, 2.24) is 0 Å². The van der Waals surface area contributed by atoms with Crippen molar-refractivity contribution in [2.45, 2.75) is 45.3 Å². The molecule has 3 N–H and O–H groups in total. The predicted molar refractivity (Wildman–Crippen MR) is 84.2 cm³/mol. The van der Waals surface area contributed by atoms with Crippen molar-refractivity contribution < 1.29 is 24.2 Å². The SMILES string of the molecule is COc1ccc2c(c1)CC[C@](C(=O)O)(C(=O)OC(C)(C)C)[C@H]2N. The molecule has 1 aliphatic carbocycles. The Morgan fingerprint density at radius 2 is 2.00 bits per heavy atom. The Labute approximate surface area is 135 Å². The molecule has 1 aromatic rings. The number of ether oxygens (including phenoxy) is 2. The molecule has 2 atom stereocenters. The second-order valence-electron chi connectivity index (χ2n) is 6.82. The molecule has 0 aromatic heterocycles. The summed E-state index contributed by atoms with van der Waals surface area (Å²) in [5.41, 5.74) is 5.21. The molecule has 2 rings (SSSR count). The van der Waals surface area contributed by atoms with Gasteiger partial charge in [0, 0.05) is 0 Å². The first-order valence-electron chi connectivity index (χ1n) is 7.51. The lowest BCUT2D eigenvalue weighted by atomic mass is 9.68. The highest BCUT2D eigenvalue weighted by Crippen LogP contribution is 2.45. The van der Waals surface area contributed by atoms with E-state index in [-0.39, 0.29) is 6.42 Å². The smallest absolute Gasteiger partial charge is 0.326 e. The maximum absolute atomic E-state index is 12.6. The topological polar surface area (TPSA) is 98.8 Å². The third-order valence-electron chi connectivity index (χ3n) is 4.15. The van der Waals surface area contributed by atoms with E-state index in [0.717, 1.165) is 5.56 Å². The summed E-state index contributed by atoms with van der Waals surface area (Å²) in [6, 6.07) is 4.30. The van der Waals surface area contributed by atoms with Crippen LogP contribution in [0.25, 0.3) is 0 Å². The van der Waals surface area contributed by atoms with Gasteiger partial charge in [-0.2, -0.15) is 0 Å². The number of esters is 1. The van der Waals surface area contributed by atoms with Gasteiger partial charge in [-0.25, -0.2) is 0 Å². The normalized spacial score (nSPS) is 23.8. The number of carbonyl (C=O) groups excluding carboxylic acids is 1. The van der Waals surface area contributed by atoms with E-state index in [4.69, 9.17) is 15.2 Å². The first kappa shape index (κ1) is 17.3. The number of benzene rings is 1. The molecule has 0 heterocycles. The van der Waals surface area contributed by atoms with Gasteiger partial charge in [0.05, 0.1) is 13.2 Å². The van der Waals surface area contributed by atoms with Crippen molar-refractivity contribution in [3.8, 4) is 5.75 Å². The van der Waals surface area contributed by atoms with Crippen LogP contribution in [-0.4, -0.2) is 29.8 Å². The largest absolute Gasteiger partial charge is 0.497 e. The molecular weight excluding hydrogens is 298 g/mol. The number of carboxylic acids is 1. The summed E-state index contributed by atoms with van der Waals surface area (Å²) in [7, 11) is 1.56. The van der Waals surface area contributed by atoms with Crippen molar-refractivity contribution in [2.75, 3.05) is 7.11 Å². The zero-order valence-electron chi connectivity index (χ0n) is 13.9. The number of aryl methyl sites for hydroxylation is 1. The standard InChI is InChI=1S/C17H23NO5/c1-16(2,3)23-15(21)17(14(19)20)8-7-10-9-11(22-4)5-6-12(10)13(17)18/h5-6,9,13H,7-8,18H2,1-4H3,(H,19,20)/t13-,17-/m0/s1. The monoisotopic (exact) mass is 321 g/mol. The number of methoxy groups -OCH3 is 1. The number of fused-ring (bicyclic) bond motifs is 1. The summed E-state index contributed by atoms with van der Waals surface area (Å²) >= 11 is 0. The van der Waals surface area contributed by atoms with E-state index < -0.39 is 29.0 Å². The van der Waals surface area contributed by atoms with Crippen LogP contribution in [-0.2, 0) is 20.7 Å². The molecule has 0 fully saturated rings. The molecule has 0 bridgehead atoms. The van der Waals surface area contributed by atoms with Gasteiger partial charge >= 0.3 is 11.9 Å². The number of aliphatic carboxylic acids is 1. The molecule has 0 amide bonds. The molecule has 1 aliphatic rings. The van der Waals surface area contributed by atoms with Crippen LogP contribution in [0, 0.1) is 5.41 Å². The summed E-state index contributed by atoms with van der Waals surface area (Å²) in [4.78, 5) is 24.6. The van der Waals surface area contributed by atoms with E-state index in [9.17, 15) is 14.7 Å². The molecule has 6 heteroatoms. The van der Waals surface area contributed by atoms with Gasteiger partial charge in [0.25, 0.3) is 0 Å². The van der Waals surface area contributed by atoms with Crippen molar-refractivity contribution in [2.24, 2.45) is 11.1 Å². The van der Waals surface area contributed by atoms with E-state index in [1.807, 2.05) is 6.07 Å². The highest BCUT2D eigenvalue weighted by Gasteiger charge is 2.56. The molecular formula is C17H23NO5. The Kier molecular flexibility index (Phi) is 4.39. The van der Waals surface area contributed by atoms with Crippen LogP contribution >= 0.6 is 0 Å². The van der Waals surface area contributed by atoms with Gasteiger partial charge in [-0.05, 0) is 56.9 Å². The van der Waals surface area contributed by atoms with E-state index in [1.54, 1.807) is 40.0 Å². The molecule has 0 saturated heterocycles. The lowest BCUT2D eigenvalue weighted by Gasteiger charge is -2.39. The second-order valence-corrected chi connectivity index (χ2v) is 6.82. The Balaban J connectivity index is 2.46. The molecule has 0 aliphatic heterocycles. The summed E-state index contributed by atoms with van der Waals surface area (Å²) in [5.74, 6) is -1.36. The van der Waals surface area contributed by atoms with E-state index in [1.165, 1.54) is 0 Å². The average molecular weight is 321 g/mol. The number of hydrogen-bond acceptors (Lipinski definition) is 5. The summed E-state index contributed by atoms with van der Waals surface area (Å²) in [6.45, 7) is 5.11. The quantitative estimate of drug-likeness (QED) is 0.653. The van der Waals surface area contributed by atoms with Crippen LogP contribution in [0.5, 0.6) is 5.75 Å². The number of rotatable bonds is 3. The van der Waals surface area contributed by atoms with Gasteiger partial charge in [-0.15, -0.1) is 0 Å². The molecule has 0 radical (unpaired) electrons. The van der Waals surface area contributed by atoms with Crippen LogP contribution in [0.4, 0.5) is 0 Å². The van der Waals surface area contributed by atoms with Crippen LogP contribution in [0.3, 0.4) is 0 Å². The van der Waals surface area contributed by atoms with E-state index in [2.05, 4.69) is 0 Å². The number of nitrogens with two attached hydrogens (primary N) is 1. The first-order chi connectivity index (χ1) is 10.6. The first-order valence-corrected chi connectivity index (χ1v) is 7.51. The Morgan fingerprint density at radius 3 is 2.52 bits per heavy atom. The van der Waals surface area contributed by atoms with Crippen LogP contribution in [0.1, 0.15) is 44.4 Å². The minimum atomic E-state index is -1.77. The van der Waals surface area contributed by atoms with Gasteiger partial charge in [-0.1, -0.05) is 6.07 Å². The van der Waals surface area contributed by atoms with Gasteiger partial charge in [0.1, 0.15) is 11.4 Å². The van der Waals surface area contributed by atoms with Crippen molar-refractivity contribution in [3.63, 3.8) is 0 Å². The minimum Gasteiger partial charge on any atom is -0.497 e. The van der Waals surface area contributed by atoms with Crippen molar-refractivity contribution >= 4 is 11.9 Å². The lowest BCUT2D eigenvalue weighted by Crippen LogP contribution is -2.52. The third kappa shape index (κ3) is 3.03. The van der Waals surface area contributed by atoms with Crippen LogP contribution in [0.15, 0.2) is 18.2 Å². The maximum Gasteiger partial charge on any atom is 0.326 e. The number of carboxylic acid groups (broad SMARTS) is 1. The molecule has 1 aromatic carbocycles. The van der Waals surface area contributed by atoms with Crippen molar-refractivity contribution in [3.05, 3.63) is 29.3 Å². The zero-order chi connectivity index (χ0) is 17.4. The number of hydrogen-bond donors (Lipinski definition) is 2. The van der Waals surface area contributed by atoms with Crippen LogP contribution < -0.4 is 10.5 Å². The minimum absolute atomic E-state index is 0.0958. The van der Waals surface area contributed by atoms with E-state index >= 15 is 0 Å². The van der Waals surface area contributed by atoms with Gasteiger partial charge in [0.15, 0.2) is 5.41 Å². The maximum atomic E-state index is 12.6. The molecule has 0 saturated carbocycles. The van der Waals surface area contributed by atoms with Crippen molar-refractivity contribution in [1.29, 1.82) is 0 Å². The fourth-order valence-corrected chi connectivity index (χ4v) is 2.91. The Bertz CT molecular complexity index is 634. The average Bonchev–Trinajstić information content (AvgIpc) is 2.45. The molecule has 0 spiro atoms. The highest BCUT2D eigenvalue weighted by molar-refractivity contribution is 6.00. The fourth-order valence-electron chi connectivity index (χ4n) is 2.91. The molecule has 6 nitrogen and oxygen atoms in total. The van der Waals surface area contributed by atoms with Gasteiger partial charge in [-0.3, -0.25) is 9.59 Å². The number of carbonyl (C=O) groups is 2. The van der Waals surface area contributed by atoms with Gasteiger partial charge < -0.3 is 20.3 Å². The summed E-state index contributed by atoms with van der Waals surface area (Å²) in [6.07, 6.45) is 0.518. The second kappa shape index (κ2) is 5.85. The fraction of sp³-hybridized carbons (Fsp3) is 0.529. The zero-order valence-corrected chi connectivity index (χ0v) is 13.9. The molecule has 23 heavy (non-hydrogen) atoms. The van der Waals surface area contributed by atoms with Gasteiger partial charge in [0.2, 0.25) is 0 Å². The summed E-state index contributed by atoms with van der Waals surface area (Å²) < 4.78 is 10.5. The summed E-state index contributed by atoms with van der Waals surface area (Å²) in [5, 5.41) is 9.75. The third-order valence-corrected chi connectivity index (χ3v) is 4.15. The predicted octanol–water partition coefficient (Wildman–Crippen LogP) is 2.05.